The van der Waals surface area contributed by atoms with Gasteiger partial charge in [-0.25, -0.2) is 4.39 Å². The van der Waals surface area contributed by atoms with Crippen LogP contribution in [0.3, 0.4) is 0 Å². The van der Waals surface area contributed by atoms with Gasteiger partial charge in [0, 0.05) is 19.8 Å². The minimum atomic E-state index is -1.42. The van der Waals surface area contributed by atoms with Crippen molar-refractivity contribution in [3.05, 3.63) is 0 Å². The Kier molecular flexibility index (Phi) is 5.07. The van der Waals surface area contributed by atoms with Crippen molar-refractivity contribution in [3.63, 3.8) is 0 Å². The van der Waals surface area contributed by atoms with Crippen molar-refractivity contribution in [3.8, 4) is 0 Å². The first kappa shape index (κ1) is 14.9. The molecule has 1 aliphatic heterocycles. The van der Waals surface area contributed by atoms with Crippen molar-refractivity contribution < 1.29 is 28.2 Å². The average molecular weight is 262 g/mol. The molecule has 0 amide bonds. The highest BCUT2D eigenvalue weighted by Gasteiger charge is 2.47. The lowest BCUT2D eigenvalue weighted by Crippen LogP contribution is -2.54. The molecule has 0 spiro atoms. The summed E-state index contributed by atoms with van der Waals surface area (Å²) in [4.78, 5) is 21.9. The molecule has 0 aromatic carbocycles. The second-order valence-electron chi connectivity index (χ2n) is 4.44. The van der Waals surface area contributed by atoms with E-state index in [1.54, 1.807) is 6.92 Å². The van der Waals surface area contributed by atoms with E-state index in [4.69, 9.17) is 14.2 Å². The van der Waals surface area contributed by atoms with Crippen LogP contribution < -0.4 is 0 Å². The Bertz CT molecular complexity index is 320. The van der Waals surface area contributed by atoms with Crippen molar-refractivity contribution in [2.45, 2.75) is 58.8 Å². The predicted molar refractivity (Wildman–Crippen MR) is 60.3 cm³/mol. The summed E-state index contributed by atoms with van der Waals surface area (Å²) in [6.45, 7) is 5.90. The van der Waals surface area contributed by atoms with E-state index in [1.165, 1.54) is 13.8 Å². The van der Waals surface area contributed by atoms with E-state index in [2.05, 4.69) is 0 Å². The lowest BCUT2D eigenvalue weighted by atomic mass is 9.90. The summed E-state index contributed by atoms with van der Waals surface area (Å²) in [7, 11) is 0. The van der Waals surface area contributed by atoms with Crippen LogP contribution in [0.2, 0.25) is 0 Å². The van der Waals surface area contributed by atoms with Crippen LogP contribution in [0.4, 0.5) is 4.39 Å². The van der Waals surface area contributed by atoms with Crippen molar-refractivity contribution in [1.29, 1.82) is 0 Å². The molecule has 5 nitrogen and oxygen atoms in total. The number of rotatable bonds is 3. The summed E-state index contributed by atoms with van der Waals surface area (Å²) in [5.41, 5.74) is 0. The van der Waals surface area contributed by atoms with Gasteiger partial charge in [0.25, 0.3) is 0 Å². The van der Waals surface area contributed by atoms with E-state index in [0.29, 0.717) is 6.42 Å². The van der Waals surface area contributed by atoms with Gasteiger partial charge in [0.05, 0.1) is 6.10 Å². The van der Waals surface area contributed by atoms with E-state index < -0.39 is 36.4 Å². The Labute approximate surface area is 106 Å². The van der Waals surface area contributed by atoms with Gasteiger partial charge in [-0.15, -0.1) is 0 Å². The molecule has 1 heterocycles. The molecule has 1 fully saturated rings. The first-order valence-corrected chi connectivity index (χ1v) is 6.00. The van der Waals surface area contributed by atoms with Crippen LogP contribution in [0.15, 0.2) is 0 Å². The molecule has 0 aromatic heterocycles. The first-order chi connectivity index (χ1) is 8.36. The van der Waals surface area contributed by atoms with Gasteiger partial charge in [-0.3, -0.25) is 9.59 Å². The highest BCUT2D eigenvalue weighted by molar-refractivity contribution is 5.67. The Morgan fingerprint density at radius 3 is 2.22 bits per heavy atom. The normalized spacial score (nSPS) is 35.9. The van der Waals surface area contributed by atoms with Gasteiger partial charge in [0.1, 0.15) is 6.17 Å². The topological polar surface area (TPSA) is 61.8 Å². The predicted octanol–water partition coefficient (Wildman–Crippen LogP) is 1.59. The molecule has 5 atom stereocenters. The molecule has 1 rings (SSSR count). The van der Waals surface area contributed by atoms with Gasteiger partial charge in [-0.1, -0.05) is 13.8 Å². The molecule has 1 unspecified atom stereocenters. The SMILES string of the molecule is CC[C@H]1OC(OC(C)=O)[C@H](OC(C)=O)[C@@H](F)[C@@H]1C. The molecule has 0 aromatic rings. The fourth-order valence-electron chi connectivity index (χ4n) is 2.07. The average Bonchev–Trinajstić information content (AvgIpc) is 2.27. The molecule has 0 aliphatic carbocycles. The third kappa shape index (κ3) is 3.41. The van der Waals surface area contributed by atoms with E-state index in [1.807, 2.05) is 6.92 Å². The Hall–Kier alpha value is -1.17. The third-order valence-corrected chi connectivity index (χ3v) is 2.97. The fraction of sp³-hybridized carbons (Fsp3) is 0.833. The van der Waals surface area contributed by atoms with E-state index >= 15 is 0 Å². The Morgan fingerprint density at radius 2 is 1.78 bits per heavy atom. The van der Waals surface area contributed by atoms with Gasteiger partial charge in [0.2, 0.25) is 6.29 Å². The van der Waals surface area contributed by atoms with Crippen LogP contribution in [-0.4, -0.2) is 36.6 Å². The minimum Gasteiger partial charge on any atom is -0.453 e. The minimum absolute atomic E-state index is 0.365. The van der Waals surface area contributed by atoms with Crippen molar-refractivity contribution in [1.82, 2.24) is 0 Å². The molecular weight excluding hydrogens is 243 g/mol. The lowest BCUT2D eigenvalue weighted by molar-refractivity contribution is -0.269. The molecule has 6 heteroatoms. The summed E-state index contributed by atoms with van der Waals surface area (Å²) in [5, 5.41) is 0. The molecule has 0 bridgehead atoms. The zero-order valence-corrected chi connectivity index (χ0v) is 11.0. The fourth-order valence-corrected chi connectivity index (χ4v) is 2.07. The van der Waals surface area contributed by atoms with Crippen molar-refractivity contribution >= 4 is 11.9 Å². The van der Waals surface area contributed by atoms with Crippen LogP contribution in [0.25, 0.3) is 0 Å². The summed E-state index contributed by atoms with van der Waals surface area (Å²) < 4.78 is 29.4. The maximum absolute atomic E-state index is 14.2. The van der Waals surface area contributed by atoms with Crippen molar-refractivity contribution in [2.24, 2.45) is 5.92 Å². The van der Waals surface area contributed by atoms with E-state index in [0.717, 1.165) is 0 Å². The summed E-state index contributed by atoms with van der Waals surface area (Å²) in [6, 6.07) is 0. The van der Waals surface area contributed by atoms with E-state index in [-0.39, 0.29) is 6.10 Å². The standard InChI is InChI=1S/C12H19FO5/c1-5-9-6(2)10(13)11(16-7(3)14)12(18-9)17-8(4)15/h6,9-12H,5H2,1-4H3/t6-,9-,10+,11-,12?/m1/s1. The number of carbonyl (C=O) groups excluding carboxylic acids is 2. The van der Waals surface area contributed by atoms with E-state index in [9.17, 15) is 14.0 Å². The molecule has 0 saturated carbocycles. The van der Waals surface area contributed by atoms with Crippen LogP contribution in [-0.2, 0) is 23.8 Å². The number of hydrogen-bond acceptors (Lipinski definition) is 5. The zero-order valence-electron chi connectivity index (χ0n) is 11.0. The van der Waals surface area contributed by atoms with Gasteiger partial charge in [0.15, 0.2) is 6.10 Å². The molecule has 1 aliphatic rings. The van der Waals surface area contributed by atoms with Crippen LogP contribution in [0.5, 0.6) is 0 Å². The molecule has 0 radical (unpaired) electrons. The molecule has 0 N–H and O–H groups in total. The highest BCUT2D eigenvalue weighted by atomic mass is 19.1. The Morgan fingerprint density at radius 1 is 1.22 bits per heavy atom. The zero-order chi connectivity index (χ0) is 13.9. The largest absolute Gasteiger partial charge is 0.453 e. The number of alkyl halides is 1. The molecule has 1 saturated heterocycles. The number of esters is 2. The second-order valence-corrected chi connectivity index (χ2v) is 4.44. The summed E-state index contributed by atoms with van der Waals surface area (Å²) >= 11 is 0. The monoisotopic (exact) mass is 262 g/mol. The summed E-state index contributed by atoms with van der Waals surface area (Å²) in [6.07, 6.45) is -3.58. The van der Waals surface area contributed by atoms with Gasteiger partial charge >= 0.3 is 11.9 Å². The van der Waals surface area contributed by atoms with Gasteiger partial charge in [-0.05, 0) is 6.42 Å². The number of halogens is 1. The first-order valence-electron chi connectivity index (χ1n) is 6.00. The third-order valence-electron chi connectivity index (χ3n) is 2.97. The smallest absolute Gasteiger partial charge is 0.305 e. The maximum atomic E-state index is 14.2. The number of ether oxygens (including phenoxy) is 3. The highest BCUT2D eigenvalue weighted by Crippen LogP contribution is 2.32. The maximum Gasteiger partial charge on any atom is 0.305 e. The Balaban J connectivity index is 2.86. The second kappa shape index (κ2) is 6.13. The van der Waals surface area contributed by atoms with Gasteiger partial charge < -0.3 is 14.2 Å². The number of hydrogen-bond donors (Lipinski definition) is 0. The van der Waals surface area contributed by atoms with Crippen LogP contribution in [0.1, 0.15) is 34.1 Å². The molecule has 18 heavy (non-hydrogen) atoms. The number of carbonyl (C=O) groups is 2. The lowest BCUT2D eigenvalue weighted by Gasteiger charge is -2.40. The molecule has 104 valence electrons. The molecular formula is C12H19FO5. The summed E-state index contributed by atoms with van der Waals surface area (Å²) in [5.74, 6) is -1.66. The quantitative estimate of drug-likeness (QED) is 0.723. The van der Waals surface area contributed by atoms with Crippen LogP contribution >= 0.6 is 0 Å². The van der Waals surface area contributed by atoms with Crippen molar-refractivity contribution in [2.75, 3.05) is 0 Å². The van der Waals surface area contributed by atoms with Gasteiger partial charge in [-0.2, -0.15) is 0 Å². The van der Waals surface area contributed by atoms with Crippen LogP contribution in [0, 0.1) is 5.92 Å².